The van der Waals surface area contributed by atoms with Crippen molar-refractivity contribution in [2.24, 2.45) is 0 Å². The Morgan fingerprint density at radius 3 is 2.67 bits per heavy atom. The summed E-state index contributed by atoms with van der Waals surface area (Å²) >= 11 is 6.51. The number of rotatable bonds is 12. The van der Waals surface area contributed by atoms with Gasteiger partial charge in [-0.2, -0.15) is 18.4 Å². The summed E-state index contributed by atoms with van der Waals surface area (Å²) in [5.41, 5.74) is 1.57. The van der Waals surface area contributed by atoms with Crippen LogP contribution in [0.25, 0.3) is 22.9 Å². The summed E-state index contributed by atoms with van der Waals surface area (Å²) < 4.78 is 41.9. The van der Waals surface area contributed by atoms with Gasteiger partial charge in [0.15, 0.2) is 28.3 Å². The van der Waals surface area contributed by atoms with Gasteiger partial charge in [0.2, 0.25) is 11.6 Å². The van der Waals surface area contributed by atoms with Crippen molar-refractivity contribution < 1.29 is 17.9 Å². The molecule has 0 spiro atoms. The molecule has 0 aliphatic carbocycles. The van der Waals surface area contributed by atoms with Crippen LogP contribution in [0.1, 0.15) is 5.56 Å². The van der Waals surface area contributed by atoms with Crippen LogP contribution in [0.3, 0.4) is 0 Å². The number of nitrogens with one attached hydrogen (secondary N) is 3. The predicted molar refractivity (Wildman–Crippen MR) is 144 cm³/mol. The third-order valence-corrected chi connectivity index (χ3v) is 6.20. The fourth-order valence-electron chi connectivity index (χ4n) is 3.11. The van der Waals surface area contributed by atoms with E-state index < -0.39 is 10.2 Å². The van der Waals surface area contributed by atoms with Gasteiger partial charge in [-0.1, -0.05) is 61.2 Å². The summed E-state index contributed by atoms with van der Waals surface area (Å²) in [6.45, 7) is 7.42. The number of nitrogens with zero attached hydrogens (tertiary/aromatic N) is 6. The number of tetrazole rings is 1. The maximum atomic E-state index is 13.0. The molecule has 13 nitrogen and oxygen atoms in total. The van der Waals surface area contributed by atoms with E-state index in [2.05, 4.69) is 58.2 Å². The van der Waals surface area contributed by atoms with Crippen molar-refractivity contribution in [3.8, 4) is 28.7 Å². The van der Waals surface area contributed by atoms with Crippen LogP contribution < -0.4 is 14.2 Å². The molecular weight excluding hydrogens is 546 g/mol. The standard InChI is InChI=1S/C24H22ClN9O4S/c1-4-8-19(15(2)37-3)38-20-21(25)28-22(17-11-12-26-18(13-17)23-30-33-34-31-23)29-24(20)32-39(35,36)27-14-16-9-6-5-7-10-16/h4-13,27H,1-2,14H2,3H3,(H,28,29,32)(H,30,31,33,34)/b19-8+. The topological polar surface area (TPSA) is 170 Å². The Morgan fingerprint density at radius 2 is 1.97 bits per heavy atom. The SMILES string of the molecule is C=C/C=C(/Oc1c(Cl)nc(-c2ccnc(-c3nn[nH]n3)c2)nc1NS(=O)(=O)NCc1ccccc1)C(=C)OC. The van der Waals surface area contributed by atoms with Gasteiger partial charge in [-0.3, -0.25) is 9.71 Å². The molecule has 3 N–H and O–H groups in total. The summed E-state index contributed by atoms with van der Waals surface area (Å²) in [6, 6.07) is 12.2. The van der Waals surface area contributed by atoms with Gasteiger partial charge in [-0.15, -0.1) is 10.2 Å². The summed E-state index contributed by atoms with van der Waals surface area (Å²) in [6.07, 6.45) is 4.38. The Bertz CT molecular complexity index is 1610. The van der Waals surface area contributed by atoms with Gasteiger partial charge in [0.1, 0.15) is 5.69 Å². The second-order valence-electron chi connectivity index (χ2n) is 7.59. The van der Waals surface area contributed by atoms with E-state index in [0.717, 1.165) is 5.56 Å². The summed E-state index contributed by atoms with van der Waals surface area (Å²) in [5, 5.41) is 13.5. The van der Waals surface area contributed by atoms with Crippen molar-refractivity contribution in [1.29, 1.82) is 0 Å². The van der Waals surface area contributed by atoms with Crippen LogP contribution in [-0.4, -0.2) is 51.1 Å². The number of ether oxygens (including phenoxy) is 2. The Kier molecular flexibility index (Phi) is 8.60. The zero-order valence-corrected chi connectivity index (χ0v) is 22.1. The van der Waals surface area contributed by atoms with Crippen LogP contribution in [0.15, 0.2) is 85.5 Å². The highest BCUT2D eigenvalue weighted by Crippen LogP contribution is 2.36. The molecule has 200 valence electrons. The van der Waals surface area contributed by atoms with Gasteiger partial charge in [0.25, 0.3) is 0 Å². The average Bonchev–Trinajstić information content (AvgIpc) is 3.48. The molecule has 0 saturated heterocycles. The molecule has 4 rings (SSSR count). The van der Waals surface area contributed by atoms with E-state index >= 15 is 0 Å². The number of pyridine rings is 1. The number of aromatic amines is 1. The van der Waals surface area contributed by atoms with Crippen LogP contribution >= 0.6 is 11.6 Å². The Hall–Kier alpha value is -4.66. The molecular formula is C24H22ClN9O4S. The lowest BCUT2D eigenvalue weighted by Crippen LogP contribution is -2.30. The molecule has 0 amide bonds. The lowest BCUT2D eigenvalue weighted by atomic mass is 10.2. The van der Waals surface area contributed by atoms with Gasteiger partial charge in [-0.05, 0) is 29.0 Å². The molecule has 15 heteroatoms. The summed E-state index contributed by atoms with van der Waals surface area (Å²) in [4.78, 5) is 12.9. The molecule has 4 aromatic rings. The number of hydrogen-bond donors (Lipinski definition) is 3. The van der Waals surface area contributed by atoms with E-state index in [1.54, 1.807) is 36.4 Å². The van der Waals surface area contributed by atoms with E-state index in [1.165, 1.54) is 25.5 Å². The number of halogens is 1. The number of H-pyrrole nitrogens is 1. The number of benzene rings is 1. The molecule has 3 heterocycles. The van der Waals surface area contributed by atoms with Crippen LogP contribution in [0.2, 0.25) is 5.15 Å². The second kappa shape index (κ2) is 12.3. The van der Waals surface area contributed by atoms with Gasteiger partial charge in [-0.25, -0.2) is 9.97 Å². The molecule has 3 aromatic heterocycles. The van der Waals surface area contributed by atoms with Gasteiger partial charge < -0.3 is 9.47 Å². The van der Waals surface area contributed by atoms with Crippen molar-refractivity contribution in [2.45, 2.75) is 6.54 Å². The number of aromatic nitrogens is 7. The molecule has 1 aromatic carbocycles. The maximum Gasteiger partial charge on any atom is 0.300 e. The van der Waals surface area contributed by atoms with Crippen molar-refractivity contribution in [1.82, 2.24) is 40.3 Å². The van der Waals surface area contributed by atoms with Crippen molar-refractivity contribution in [2.75, 3.05) is 11.8 Å². The third-order valence-electron chi connectivity index (χ3n) is 4.96. The first-order valence-electron chi connectivity index (χ1n) is 11.1. The fraction of sp³-hybridized carbons (Fsp3) is 0.0833. The smallest absolute Gasteiger partial charge is 0.300 e. The molecule has 0 aliphatic heterocycles. The minimum atomic E-state index is -4.16. The predicted octanol–water partition coefficient (Wildman–Crippen LogP) is 3.43. The first-order valence-corrected chi connectivity index (χ1v) is 13.0. The molecule has 39 heavy (non-hydrogen) atoms. The van der Waals surface area contributed by atoms with Crippen molar-refractivity contribution in [3.05, 3.63) is 96.2 Å². The third kappa shape index (κ3) is 7.01. The fourth-order valence-corrected chi connectivity index (χ4v) is 4.14. The van der Waals surface area contributed by atoms with Crippen LogP contribution in [0.4, 0.5) is 5.82 Å². The lowest BCUT2D eigenvalue weighted by Gasteiger charge is -2.17. The molecule has 0 unspecified atom stereocenters. The number of methoxy groups -OCH3 is 1. The zero-order chi connectivity index (χ0) is 27.8. The average molecular weight is 568 g/mol. The highest BCUT2D eigenvalue weighted by atomic mass is 35.5. The number of allylic oxidation sites excluding steroid dienone is 2. The molecule has 0 saturated carbocycles. The molecule has 0 atom stereocenters. The summed E-state index contributed by atoms with van der Waals surface area (Å²) in [5.74, 6) is 0.106. The van der Waals surface area contributed by atoms with Gasteiger partial charge in [0.05, 0.1) is 7.11 Å². The molecule has 0 radical (unpaired) electrons. The molecule has 0 aliphatic rings. The zero-order valence-electron chi connectivity index (χ0n) is 20.5. The van der Waals surface area contributed by atoms with Crippen LogP contribution in [0, 0.1) is 0 Å². The number of anilines is 1. The highest BCUT2D eigenvalue weighted by Gasteiger charge is 2.23. The summed E-state index contributed by atoms with van der Waals surface area (Å²) in [7, 11) is -2.76. The number of hydrogen-bond acceptors (Lipinski definition) is 10. The quantitative estimate of drug-likeness (QED) is 0.131. The van der Waals surface area contributed by atoms with E-state index in [1.807, 2.05) is 6.07 Å². The first-order chi connectivity index (χ1) is 18.8. The second-order valence-corrected chi connectivity index (χ2v) is 9.45. The maximum absolute atomic E-state index is 13.0. The van der Waals surface area contributed by atoms with E-state index in [-0.39, 0.29) is 46.4 Å². The normalized spacial score (nSPS) is 11.6. The minimum Gasteiger partial charge on any atom is -0.493 e. The lowest BCUT2D eigenvalue weighted by molar-refractivity contribution is 0.264. The van der Waals surface area contributed by atoms with E-state index in [4.69, 9.17) is 21.1 Å². The molecule has 0 fully saturated rings. The van der Waals surface area contributed by atoms with Crippen molar-refractivity contribution >= 4 is 27.6 Å². The Labute approximate surface area is 228 Å². The molecule has 0 bridgehead atoms. The van der Waals surface area contributed by atoms with E-state index in [0.29, 0.717) is 11.3 Å². The van der Waals surface area contributed by atoms with Crippen LogP contribution in [0.5, 0.6) is 5.75 Å². The monoisotopic (exact) mass is 567 g/mol. The van der Waals surface area contributed by atoms with Gasteiger partial charge in [0, 0.05) is 18.3 Å². The minimum absolute atomic E-state index is 0.0263. The van der Waals surface area contributed by atoms with Crippen molar-refractivity contribution in [3.63, 3.8) is 0 Å². The Morgan fingerprint density at radius 1 is 1.18 bits per heavy atom. The Balaban J connectivity index is 1.74. The van der Waals surface area contributed by atoms with Crippen LogP contribution in [-0.2, 0) is 21.5 Å². The van der Waals surface area contributed by atoms with E-state index in [9.17, 15) is 8.42 Å². The highest BCUT2D eigenvalue weighted by molar-refractivity contribution is 7.90. The largest absolute Gasteiger partial charge is 0.493 e. The van der Waals surface area contributed by atoms with Gasteiger partial charge >= 0.3 is 10.2 Å². The first kappa shape index (κ1) is 27.4.